The highest BCUT2D eigenvalue weighted by atomic mass is 35.5. The van der Waals surface area contributed by atoms with Crippen LogP contribution in [-0.2, 0) is 14.3 Å². The van der Waals surface area contributed by atoms with Gasteiger partial charge in [0.2, 0.25) is 0 Å². The van der Waals surface area contributed by atoms with Gasteiger partial charge in [-0.2, -0.15) is 0 Å². The molecule has 2 aromatic rings. The van der Waals surface area contributed by atoms with Crippen LogP contribution in [-0.4, -0.2) is 42.2 Å². The van der Waals surface area contributed by atoms with Crippen LogP contribution in [0.3, 0.4) is 0 Å². The van der Waals surface area contributed by atoms with Crippen LogP contribution in [0.1, 0.15) is 55.4 Å². The van der Waals surface area contributed by atoms with Crippen LogP contribution in [0.2, 0.25) is 10.0 Å². The molecule has 0 radical (unpaired) electrons. The second-order valence-corrected chi connectivity index (χ2v) is 11.3. The maximum Gasteiger partial charge on any atom is 0.422 e. The lowest BCUT2D eigenvalue weighted by Gasteiger charge is -2.28. The Hall–Kier alpha value is -2.90. The van der Waals surface area contributed by atoms with Crippen molar-refractivity contribution in [3.8, 4) is 0 Å². The van der Waals surface area contributed by atoms with Gasteiger partial charge in [0.05, 0.1) is 16.4 Å². The van der Waals surface area contributed by atoms with E-state index in [0.717, 1.165) is 23.7 Å². The van der Waals surface area contributed by atoms with Crippen LogP contribution >= 0.6 is 23.2 Å². The number of aliphatic imine (C=N–C) groups is 1. The van der Waals surface area contributed by atoms with Gasteiger partial charge in [0.1, 0.15) is 5.60 Å². The maximum atomic E-state index is 13.9. The molecule has 2 amide bonds. The Bertz CT molecular complexity index is 1180. The molecule has 0 aliphatic rings. The molecule has 0 aromatic heterocycles. The number of carbonyl (C=O) groups is 3. The van der Waals surface area contributed by atoms with E-state index < -0.39 is 34.5 Å². The molecule has 7 nitrogen and oxygen atoms in total. The van der Waals surface area contributed by atoms with Crippen molar-refractivity contribution in [2.45, 2.75) is 61.0 Å². The minimum absolute atomic E-state index is 0.0246. The van der Waals surface area contributed by atoms with E-state index in [-0.39, 0.29) is 10.7 Å². The molecule has 0 saturated heterocycles. The summed E-state index contributed by atoms with van der Waals surface area (Å²) < 4.78 is 5.50. The van der Waals surface area contributed by atoms with Gasteiger partial charge in [0, 0.05) is 29.2 Å². The Labute approximate surface area is 229 Å². The van der Waals surface area contributed by atoms with E-state index in [9.17, 15) is 14.4 Å². The fraction of sp³-hybridized carbons (Fsp3) is 0.429. The number of carbonyl (C=O) groups excluding carboxylic acids is 3. The van der Waals surface area contributed by atoms with Gasteiger partial charge in [0.25, 0.3) is 5.91 Å². The maximum absolute atomic E-state index is 13.9. The van der Waals surface area contributed by atoms with Crippen molar-refractivity contribution in [2.24, 2.45) is 10.4 Å². The number of hydrogen-bond acceptors (Lipinski definition) is 6. The zero-order chi connectivity index (χ0) is 28.1. The molecule has 0 unspecified atom stereocenters. The lowest BCUT2D eigenvalue weighted by Crippen LogP contribution is -2.48. The monoisotopic (exact) mass is 547 g/mol. The van der Waals surface area contributed by atoms with Crippen molar-refractivity contribution in [2.75, 3.05) is 22.9 Å². The number of halogens is 2. The van der Waals surface area contributed by atoms with Crippen LogP contribution in [0.4, 0.5) is 21.9 Å². The smallest absolute Gasteiger partial charge is 0.422 e. The lowest BCUT2D eigenvalue weighted by atomic mass is 9.87. The van der Waals surface area contributed by atoms with Crippen LogP contribution in [0.25, 0.3) is 0 Å². The summed E-state index contributed by atoms with van der Waals surface area (Å²) in [4.78, 5) is 48.0. The average Bonchev–Trinajstić information content (AvgIpc) is 2.78. The number of rotatable bonds is 7. The predicted molar refractivity (Wildman–Crippen MR) is 152 cm³/mol. The highest BCUT2D eigenvalue weighted by Gasteiger charge is 2.39. The molecule has 37 heavy (non-hydrogen) atoms. The fourth-order valence-electron chi connectivity index (χ4n) is 3.37. The SMILES string of the molecule is CCN(CC)c1ccc(N=C(C(=O)N(C(=O)OC(C)(C)C)c2ccc(Cl)cc2Cl)C(=O)C(C)(C)C)cc1. The zero-order valence-electron chi connectivity index (χ0n) is 22.7. The molecular weight excluding hydrogens is 513 g/mol. The van der Waals surface area contributed by atoms with Crippen LogP contribution in [0.5, 0.6) is 0 Å². The lowest BCUT2D eigenvalue weighted by molar-refractivity contribution is -0.121. The molecular formula is C28H35Cl2N3O4. The summed E-state index contributed by atoms with van der Waals surface area (Å²) in [7, 11) is 0. The first-order valence-electron chi connectivity index (χ1n) is 12.1. The van der Waals surface area contributed by atoms with Gasteiger partial charge in [-0.25, -0.2) is 14.7 Å². The molecule has 0 saturated carbocycles. The number of anilines is 2. The molecule has 0 spiro atoms. The average molecular weight is 549 g/mol. The number of Topliss-reactive ketones (excluding diaryl/α,β-unsaturated/α-hetero) is 1. The van der Waals surface area contributed by atoms with Crippen molar-refractivity contribution in [3.05, 3.63) is 52.5 Å². The number of benzene rings is 2. The largest absolute Gasteiger partial charge is 0.443 e. The van der Waals surface area contributed by atoms with E-state index in [1.807, 2.05) is 12.1 Å². The zero-order valence-corrected chi connectivity index (χ0v) is 24.2. The molecule has 0 heterocycles. The van der Waals surface area contributed by atoms with E-state index >= 15 is 0 Å². The van der Waals surface area contributed by atoms with Crippen LogP contribution < -0.4 is 9.80 Å². The van der Waals surface area contributed by atoms with Crippen LogP contribution in [0.15, 0.2) is 47.5 Å². The standard InChI is InChI=1S/C28H35Cl2N3O4/c1-9-32(10-2)20-14-12-19(13-15-20)31-23(24(34)27(3,4)5)25(35)33(26(36)37-28(6,7)8)22-16-11-18(29)17-21(22)30/h11-17H,9-10H2,1-8H3. The van der Waals surface area contributed by atoms with Crippen molar-refractivity contribution < 1.29 is 19.1 Å². The van der Waals surface area contributed by atoms with E-state index in [4.69, 9.17) is 27.9 Å². The van der Waals surface area contributed by atoms with Gasteiger partial charge in [-0.15, -0.1) is 0 Å². The molecule has 200 valence electrons. The molecule has 0 N–H and O–H groups in total. The van der Waals surface area contributed by atoms with E-state index in [1.54, 1.807) is 53.7 Å². The van der Waals surface area contributed by atoms with Gasteiger partial charge < -0.3 is 9.64 Å². The fourth-order valence-corrected chi connectivity index (χ4v) is 3.87. The Morgan fingerprint density at radius 1 is 0.892 bits per heavy atom. The highest BCUT2D eigenvalue weighted by molar-refractivity contribution is 6.70. The Kier molecular flexibility index (Phi) is 9.91. The second kappa shape index (κ2) is 12.1. The van der Waals surface area contributed by atoms with Gasteiger partial charge >= 0.3 is 6.09 Å². The number of hydrogen-bond donors (Lipinski definition) is 0. The molecule has 2 rings (SSSR count). The Morgan fingerprint density at radius 2 is 1.46 bits per heavy atom. The topological polar surface area (TPSA) is 79.3 Å². The van der Waals surface area contributed by atoms with Gasteiger partial charge in [-0.1, -0.05) is 44.0 Å². The summed E-state index contributed by atoms with van der Waals surface area (Å²) in [6.07, 6.45) is -0.993. The Balaban J connectivity index is 2.68. The number of amides is 2. The van der Waals surface area contributed by atoms with Crippen molar-refractivity contribution in [1.29, 1.82) is 0 Å². The molecule has 0 aliphatic carbocycles. The van der Waals surface area contributed by atoms with Gasteiger partial charge in [-0.05, 0) is 77.1 Å². The van der Waals surface area contributed by atoms with Crippen molar-refractivity contribution in [1.82, 2.24) is 0 Å². The molecule has 0 fully saturated rings. The third kappa shape index (κ3) is 8.04. The second-order valence-electron chi connectivity index (χ2n) is 10.4. The minimum Gasteiger partial charge on any atom is -0.443 e. The van der Waals surface area contributed by atoms with E-state index in [0.29, 0.717) is 10.7 Å². The molecule has 9 heteroatoms. The molecule has 0 atom stereocenters. The molecule has 0 aliphatic heterocycles. The quantitative estimate of drug-likeness (QED) is 0.265. The summed E-state index contributed by atoms with van der Waals surface area (Å²) in [5.41, 5.74) is -0.888. The Morgan fingerprint density at radius 3 is 1.92 bits per heavy atom. The first-order chi connectivity index (χ1) is 17.1. The number of nitrogens with zero attached hydrogens (tertiary/aromatic N) is 3. The number of ketones is 1. The summed E-state index contributed by atoms with van der Waals surface area (Å²) in [5, 5.41) is 0.358. The van der Waals surface area contributed by atoms with Gasteiger partial charge in [-0.3, -0.25) is 9.59 Å². The first kappa shape index (κ1) is 30.3. The van der Waals surface area contributed by atoms with Gasteiger partial charge in [0.15, 0.2) is 11.5 Å². The summed E-state index contributed by atoms with van der Waals surface area (Å²) in [5.74, 6) is -1.49. The van der Waals surface area contributed by atoms with E-state index in [1.165, 1.54) is 18.2 Å². The number of imide groups is 1. The summed E-state index contributed by atoms with van der Waals surface area (Å²) in [6, 6.07) is 11.5. The third-order valence-electron chi connectivity index (χ3n) is 5.25. The minimum atomic E-state index is -0.993. The molecule has 2 aromatic carbocycles. The highest BCUT2D eigenvalue weighted by Crippen LogP contribution is 2.31. The summed E-state index contributed by atoms with van der Waals surface area (Å²) >= 11 is 12.4. The van der Waals surface area contributed by atoms with E-state index in [2.05, 4.69) is 23.7 Å². The first-order valence-corrected chi connectivity index (χ1v) is 12.9. The molecule has 0 bridgehead atoms. The normalized spacial score (nSPS) is 12.2. The van der Waals surface area contributed by atoms with Crippen molar-refractivity contribution in [3.63, 3.8) is 0 Å². The van der Waals surface area contributed by atoms with Crippen molar-refractivity contribution >= 4 is 63.8 Å². The third-order valence-corrected chi connectivity index (χ3v) is 5.79. The predicted octanol–water partition coefficient (Wildman–Crippen LogP) is 7.50. The summed E-state index contributed by atoms with van der Waals surface area (Å²) in [6.45, 7) is 15.8. The number of ether oxygens (including phenoxy) is 1. The van der Waals surface area contributed by atoms with Crippen LogP contribution in [0, 0.1) is 5.41 Å².